The van der Waals surface area contributed by atoms with Crippen LogP contribution in [0.15, 0.2) is 77.7 Å². The van der Waals surface area contributed by atoms with Crippen LogP contribution in [-0.4, -0.2) is 53.0 Å². The lowest BCUT2D eigenvalue weighted by atomic mass is 10.00. The zero-order valence-electron chi connectivity index (χ0n) is 22.8. The van der Waals surface area contributed by atoms with E-state index < -0.39 is 11.1 Å². The summed E-state index contributed by atoms with van der Waals surface area (Å²) in [7, 11) is 0. The van der Waals surface area contributed by atoms with Crippen LogP contribution in [0.5, 0.6) is 5.75 Å². The van der Waals surface area contributed by atoms with Gasteiger partial charge >= 0.3 is 0 Å². The highest BCUT2D eigenvalue weighted by atomic mass is 32.2. The van der Waals surface area contributed by atoms with Crippen LogP contribution >= 0.6 is 11.8 Å². The smallest absolute Gasteiger partial charge is 0.294 e. The fourth-order valence-corrected chi connectivity index (χ4v) is 5.84. The third-order valence-electron chi connectivity index (χ3n) is 7.30. The van der Waals surface area contributed by atoms with Gasteiger partial charge in [-0.1, -0.05) is 54.6 Å². The zero-order chi connectivity index (χ0) is 28.1. The summed E-state index contributed by atoms with van der Waals surface area (Å²) in [6.07, 6.45) is 2.46. The van der Waals surface area contributed by atoms with E-state index in [1.54, 1.807) is 11.0 Å². The van der Waals surface area contributed by atoms with Crippen molar-refractivity contribution >= 4 is 40.6 Å². The van der Waals surface area contributed by atoms with Crippen LogP contribution in [0.25, 0.3) is 6.08 Å². The molecule has 2 heterocycles. The molecule has 2 aliphatic rings. The van der Waals surface area contributed by atoms with E-state index in [9.17, 15) is 14.4 Å². The number of rotatable bonds is 9. The zero-order valence-corrected chi connectivity index (χ0v) is 23.7. The molecule has 0 radical (unpaired) electrons. The van der Waals surface area contributed by atoms with Crippen LogP contribution in [0, 0.1) is 0 Å². The van der Waals surface area contributed by atoms with Gasteiger partial charge in [-0.2, -0.15) is 0 Å². The highest BCUT2D eigenvalue weighted by Crippen LogP contribution is 2.36. The topological polar surface area (TPSA) is 70.2 Å². The van der Waals surface area contributed by atoms with Crippen molar-refractivity contribution in [1.82, 2.24) is 9.80 Å². The van der Waals surface area contributed by atoms with Gasteiger partial charge in [0.25, 0.3) is 11.1 Å². The molecule has 0 aliphatic carbocycles. The fourth-order valence-electron chi connectivity index (χ4n) is 5.01. The maximum Gasteiger partial charge on any atom is 0.294 e. The van der Waals surface area contributed by atoms with Crippen molar-refractivity contribution in [2.75, 3.05) is 31.1 Å². The number of carbonyl (C=O) groups is 3. The van der Waals surface area contributed by atoms with Gasteiger partial charge < -0.3 is 14.5 Å². The van der Waals surface area contributed by atoms with E-state index in [0.717, 1.165) is 53.0 Å². The number of fused-ring (bicyclic) bond motifs is 1. The summed E-state index contributed by atoms with van der Waals surface area (Å²) >= 11 is 0.858. The Balaban J connectivity index is 1.34. The Morgan fingerprint density at radius 2 is 1.70 bits per heavy atom. The molecule has 40 heavy (non-hydrogen) atoms. The van der Waals surface area contributed by atoms with Crippen LogP contribution in [0.3, 0.4) is 0 Å². The number of amides is 3. The van der Waals surface area contributed by atoms with E-state index in [4.69, 9.17) is 4.74 Å². The Kier molecular flexibility index (Phi) is 8.55. The number of hydrogen-bond acceptors (Lipinski definition) is 6. The van der Waals surface area contributed by atoms with Gasteiger partial charge in [0.15, 0.2) is 0 Å². The maximum absolute atomic E-state index is 13.3. The van der Waals surface area contributed by atoms with Crippen molar-refractivity contribution < 1.29 is 19.1 Å². The van der Waals surface area contributed by atoms with Crippen LogP contribution < -0.4 is 9.64 Å². The molecule has 0 spiro atoms. The molecule has 206 valence electrons. The Hall–Kier alpha value is -4.04. The average Bonchev–Trinajstić information content (AvgIpc) is 3.25. The molecule has 3 aromatic rings. The fraction of sp³-hybridized carbons (Fsp3) is 0.281. The van der Waals surface area contributed by atoms with E-state index in [1.165, 1.54) is 5.56 Å². The van der Waals surface area contributed by atoms with Crippen molar-refractivity contribution in [3.8, 4) is 5.75 Å². The molecule has 3 aromatic carbocycles. The largest absolute Gasteiger partial charge is 0.488 e. The summed E-state index contributed by atoms with van der Waals surface area (Å²) in [4.78, 5) is 44.5. The summed E-state index contributed by atoms with van der Waals surface area (Å²) in [5.74, 6) is -0.0563. The monoisotopic (exact) mass is 555 g/mol. The number of benzene rings is 3. The summed E-state index contributed by atoms with van der Waals surface area (Å²) < 4.78 is 6.22. The number of hydrogen-bond donors (Lipinski definition) is 0. The molecule has 5 rings (SSSR count). The summed E-state index contributed by atoms with van der Waals surface area (Å²) in [6.45, 7) is 7.07. The van der Waals surface area contributed by atoms with Gasteiger partial charge in [-0.15, -0.1) is 0 Å². The molecule has 0 unspecified atom stereocenters. The van der Waals surface area contributed by atoms with Crippen molar-refractivity contribution in [2.24, 2.45) is 0 Å². The van der Waals surface area contributed by atoms with Crippen molar-refractivity contribution in [2.45, 2.75) is 33.4 Å². The lowest BCUT2D eigenvalue weighted by Gasteiger charge is -2.29. The van der Waals surface area contributed by atoms with Gasteiger partial charge in [-0.05, 0) is 66.9 Å². The van der Waals surface area contributed by atoms with Gasteiger partial charge in [0, 0.05) is 43.5 Å². The number of thioether (sulfide) groups is 1. The van der Waals surface area contributed by atoms with Crippen molar-refractivity contribution in [3.05, 3.63) is 100.0 Å². The van der Waals surface area contributed by atoms with E-state index in [-0.39, 0.29) is 17.4 Å². The molecule has 0 saturated carbocycles. The molecular formula is C32H33N3O4S. The second-order valence-corrected chi connectivity index (χ2v) is 10.8. The normalized spacial score (nSPS) is 15.9. The highest BCUT2D eigenvalue weighted by Gasteiger charge is 2.37. The molecule has 3 amide bonds. The van der Waals surface area contributed by atoms with E-state index in [1.807, 2.05) is 66.7 Å². The number of carbonyl (C=O) groups excluding carboxylic acids is 3. The minimum Gasteiger partial charge on any atom is -0.488 e. The molecule has 7 nitrogen and oxygen atoms in total. The molecule has 1 saturated heterocycles. The number of anilines is 1. The highest BCUT2D eigenvalue weighted by molar-refractivity contribution is 8.18. The molecule has 1 fully saturated rings. The standard InChI is InChI=1S/C32H33N3O4S/c1-3-33(4-2)27-15-14-25(28(19-27)39-22-23-10-6-5-7-11-23)18-29-31(37)35(32(38)40-29)21-30(36)34-17-16-24-12-8-9-13-26(24)20-34/h5-15,18-19H,3-4,16-17,20-22H2,1-2H3/b29-18+. The van der Waals surface area contributed by atoms with Gasteiger partial charge in [0.05, 0.1) is 4.91 Å². The van der Waals surface area contributed by atoms with Gasteiger partial charge in [0.2, 0.25) is 5.91 Å². The third-order valence-corrected chi connectivity index (χ3v) is 8.21. The Bertz CT molecular complexity index is 1440. The first-order valence-electron chi connectivity index (χ1n) is 13.6. The number of nitrogens with zero attached hydrogens (tertiary/aromatic N) is 3. The van der Waals surface area contributed by atoms with Crippen LogP contribution in [0.1, 0.15) is 36.1 Å². The van der Waals surface area contributed by atoms with Gasteiger partial charge in [0.1, 0.15) is 18.9 Å². The lowest BCUT2D eigenvalue weighted by molar-refractivity contribution is -0.136. The maximum atomic E-state index is 13.3. The second kappa shape index (κ2) is 12.4. The predicted molar refractivity (Wildman–Crippen MR) is 159 cm³/mol. The second-order valence-electron chi connectivity index (χ2n) is 9.77. The van der Waals surface area contributed by atoms with Gasteiger partial charge in [-0.25, -0.2) is 0 Å². The average molecular weight is 556 g/mol. The lowest BCUT2D eigenvalue weighted by Crippen LogP contribution is -2.44. The Morgan fingerprint density at radius 3 is 2.45 bits per heavy atom. The molecule has 0 bridgehead atoms. The molecule has 0 N–H and O–H groups in total. The summed E-state index contributed by atoms with van der Waals surface area (Å²) in [5.41, 5.74) is 5.09. The van der Waals surface area contributed by atoms with E-state index in [2.05, 4.69) is 24.8 Å². The van der Waals surface area contributed by atoms with Gasteiger partial charge in [-0.3, -0.25) is 19.3 Å². The number of imide groups is 1. The predicted octanol–water partition coefficient (Wildman–Crippen LogP) is 5.73. The van der Waals surface area contributed by atoms with E-state index >= 15 is 0 Å². The first-order chi connectivity index (χ1) is 19.5. The Labute approximate surface area is 239 Å². The van der Waals surface area contributed by atoms with Crippen molar-refractivity contribution in [3.63, 3.8) is 0 Å². The van der Waals surface area contributed by atoms with E-state index in [0.29, 0.717) is 31.0 Å². The first-order valence-corrected chi connectivity index (χ1v) is 14.4. The SMILES string of the molecule is CCN(CC)c1ccc(/C=C2/SC(=O)N(CC(=O)N3CCc4ccccc4C3)C2=O)c(OCc2ccccc2)c1. The van der Waals surface area contributed by atoms with Crippen LogP contribution in [-0.2, 0) is 29.2 Å². The quantitative estimate of drug-likeness (QED) is 0.314. The molecule has 0 atom stereocenters. The van der Waals surface area contributed by atoms with Crippen LogP contribution in [0.2, 0.25) is 0 Å². The molecule has 8 heteroatoms. The molecule has 2 aliphatic heterocycles. The summed E-state index contributed by atoms with van der Waals surface area (Å²) in [5, 5.41) is -0.437. The molecular weight excluding hydrogens is 522 g/mol. The minimum absolute atomic E-state index is 0.228. The van der Waals surface area contributed by atoms with Crippen molar-refractivity contribution in [1.29, 1.82) is 0 Å². The third kappa shape index (κ3) is 6.07. The number of ether oxygens (including phenoxy) is 1. The van der Waals surface area contributed by atoms with Crippen LogP contribution in [0.4, 0.5) is 10.5 Å². The minimum atomic E-state index is -0.456. The molecule has 0 aromatic heterocycles. The first kappa shape index (κ1) is 27.5. The summed E-state index contributed by atoms with van der Waals surface area (Å²) in [6, 6.07) is 23.8. The Morgan fingerprint density at radius 1 is 0.975 bits per heavy atom.